The summed E-state index contributed by atoms with van der Waals surface area (Å²) in [7, 11) is 0. The van der Waals surface area contributed by atoms with Crippen LogP contribution >= 0.6 is 0 Å². The highest BCUT2D eigenvalue weighted by atomic mass is 15.3. The molecule has 0 bridgehead atoms. The van der Waals surface area contributed by atoms with Crippen molar-refractivity contribution in [2.24, 2.45) is 5.92 Å². The van der Waals surface area contributed by atoms with E-state index in [2.05, 4.69) is 10.4 Å². The molecule has 1 aromatic heterocycles. The lowest BCUT2D eigenvalue weighted by atomic mass is 9.98. The van der Waals surface area contributed by atoms with Gasteiger partial charge in [0, 0.05) is 12.6 Å². The molecule has 0 saturated carbocycles. The molecule has 1 fully saturated rings. The predicted molar refractivity (Wildman–Crippen MR) is 57.0 cm³/mol. The van der Waals surface area contributed by atoms with Gasteiger partial charge in [0.1, 0.15) is 5.82 Å². The van der Waals surface area contributed by atoms with Crippen LogP contribution in [0.15, 0.2) is 6.07 Å². The molecule has 78 valence electrons. The van der Waals surface area contributed by atoms with Crippen LogP contribution in [0, 0.1) is 12.8 Å². The summed E-state index contributed by atoms with van der Waals surface area (Å²) in [6, 6.07) is 1.93. The Morgan fingerprint density at radius 3 is 2.86 bits per heavy atom. The van der Waals surface area contributed by atoms with Crippen molar-refractivity contribution in [2.75, 3.05) is 18.8 Å². The first-order valence-corrected chi connectivity index (χ1v) is 5.26. The third-order valence-electron chi connectivity index (χ3n) is 2.82. The number of hydrogen-bond acceptors (Lipinski definition) is 3. The number of nitrogens with one attached hydrogen (secondary N) is 1. The zero-order valence-electron chi connectivity index (χ0n) is 8.66. The van der Waals surface area contributed by atoms with E-state index in [1.807, 2.05) is 17.7 Å². The summed E-state index contributed by atoms with van der Waals surface area (Å²) < 4.78 is 1.94. The number of rotatable bonds is 2. The molecule has 0 aromatic carbocycles. The number of aryl methyl sites for hydroxylation is 1. The minimum atomic E-state index is 0.734. The maximum Gasteiger partial charge on any atom is 0.121 e. The fourth-order valence-electron chi connectivity index (χ4n) is 2.02. The fraction of sp³-hybridized carbons (Fsp3) is 0.700. The molecule has 0 unspecified atom stereocenters. The molecular weight excluding hydrogens is 176 g/mol. The van der Waals surface area contributed by atoms with E-state index in [9.17, 15) is 0 Å². The van der Waals surface area contributed by atoms with Gasteiger partial charge in [-0.05, 0) is 38.8 Å². The van der Waals surface area contributed by atoms with E-state index in [1.54, 1.807) is 0 Å². The first kappa shape index (κ1) is 9.52. The summed E-state index contributed by atoms with van der Waals surface area (Å²) in [5.41, 5.74) is 6.85. The van der Waals surface area contributed by atoms with E-state index in [-0.39, 0.29) is 0 Å². The Bertz CT molecular complexity index is 299. The smallest absolute Gasteiger partial charge is 0.121 e. The third kappa shape index (κ3) is 2.07. The molecular formula is C10H18N4. The summed E-state index contributed by atoms with van der Waals surface area (Å²) >= 11 is 0. The minimum Gasteiger partial charge on any atom is -0.384 e. The van der Waals surface area contributed by atoms with E-state index >= 15 is 0 Å². The lowest BCUT2D eigenvalue weighted by molar-refractivity contribution is 0.323. The number of piperidine rings is 1. The average Bonchev–Trinajstić information content (AvgIpc) is 2.47. The van der Waals surface area contributed by atoms with Gasteiger partial charge in [0.2, 0.25) is 0 Å². The summed E-state index contributed by atoms with van der Waals surface area (Å²) in [5, 5.41) is 7.73. The molecule has 0 radical (unpaired) electrons. The van der Waals surface area contributed by atoms with E-state index < -0.39 is 0 Å². The van der Waals surface area contributed by atoms with Gasteiger partial charge < -0.3 is 11.1 Å². The second kappa shape index (κ2) is 4.00. The van der Waals surface area contributed by atoms with Crippen LogP contribution in [0.25, 0.3) is 0 Å². The molecule has 0 spiro atoms. The van der Waals surface area contributed by atoms with Gasteiger partial charge in [0.25, 0.3) is 0 Å². The Morgan fingerprint density at radius 2 is 2.29 bits per heavy atom. The highest BCUT2D eigenvalue weighted by molar-refractivity contribution is 5.30. The Hall–Kier alpha value is -1.03. The zero-order chi connectivity index (χ0) is 9.97. The van der Waals surface area contributed by atoms with Crippen molar-refractivity contribution in [3.8, 4) is 0 Å². The second-order valence-electron chi connectivity index (χ2n) is 4.09. The SMILES string of the molecule is Cc1cc(N)n(CC2CCNCC2)n1. The van der Waals surface area contributed by atoms with Crippen molar-refractivity contribution in [3.63, 3.8) is 0 Å². The van der Waals surface area contributed by atoms with Crippen LogP contribution in [0.2, 0.25) is 0 Å². The average molecular weight is 194 g/mol. The van der Waals surface area contributed by atoms with Gasteiger partial charge in [-0.3, -0.25) is 0 Å². The number of nitrogens with zero attached hydrogens (tertiary/aromatic N) is 2. The molecule has 1 aliphatic rings. The quantitative estimate of drug-likeness (QED) is 0.731. The number of nitrogens with two attached hydrogens (primary N) is 1. The number of aromatic nitrogens is 2. The highest BCUT2D eigenvalue weighted by Crippen LogP contribution is 2.16. The van der Waals surface area contributed by atoms with Gasteiger partial charge >= 0.3 is 0 Å². The van der Waals surface area contributed by atoms with Crippen LogP contribution in [-0.2, 0) is 6.54 Å². The van der Waals surface area contributed by atoms with Crippen LogP contribution in [0.4, 0.5) is 5.82 Å². The van der Waals surface area contributed by atoms with Gasteiger partial charge in [-0.25, -0.2) is 4.68 Å². The van der Waals surface area contributed by atoms with Crippen LogP contribution < -0.4 is 11.1 Å². The molecule has 0 amide bonds. The van der Waals surface area contributed by atoms with E-state index in [1.165, 1.54) is 12.8 Å². The van der Waals surface area contributed by atoms with E-state index in [0.717, 1.165) is 37.1 Å². The van der Waals surface area contributed by atoms with Crippen molar-refractivity contribution in [2.45, 2.75) is 26.3 Å². The van der Waals surface area contributed by atoms with Crippen molar-refractivity contribution >= 4 is 5.82 Å². The van der Waals surface area contributed by atoms with Crippen LogP contribution in [0.5, 0.6) is 0 Å². The maximum absolute atomic E-state index is 5.84. The molecule has 1 saturated heterocycles. The first-order chi connectivity index (χ1) is 6.75. The Morgan fingerprint density at radius 1 is 1.57 bits per heavy atom. The lowest BCUT2D eigenvalue weighted by Crippen LogP contribution is -2.30. The normalized spacial score (nSPS) is 18.6. The van der Waals surface area contributed by atoms with Gasteiger partial charge in [0.15, 0.2) is 0 Å². The number of nitrogen functional groups attached to an aromatic ring is 1. The standard InChI is InChI=1S/C10H18N4/c1-8-6-10(11)14(13-8)7-9-2-4-12-5-3-9/h6,9,12H,2-5,7,11H2,1H3. The fourth-order valence-corrected chi connectivity index (χ4v) is 2.02. The van der Waals surface area contributed by atoms with Crippen molar-refractivity contribution in [3.05, 3.63) is 11.8 Å². The summed E-state index contributed by atoms with van der Waals surface area (Å²) in [6.07, 6.45) is 2.47. The molecule has 0 aliphatic carbocycles. The molecule has 4 heteroatoms. The minimum absolute atomic E-state index is 0.734. The van der Waals surface area contributed by atoms with Crippen LogP contribution in [0.3, 0.4) is 0 Å². The van der Waals surface area contributed by atoms with E-state index in [0.29, 0.717) is 0 Å². The Balaban J connectivity index is 1.98. The predicted octanol–water partition coefficient (Wildman–Crippen LogP) is 0.773. The lowest BCUT2D eigenvalue weighted by Gasteiger charge is -2.22. The van der Waals surface area contributed by atoms with Gasteiger partial charge in [-0.2, -0.15) is 5.10 Å². The number of anilines is 1. The number of hydrogen-bond donors (Lipinski definition) is 2. The molecule has 1 aromatic rings. The largest absolute Gasteiger partial charge is 0.384 e. The molecule has 1 aliphatic heterocycles. The van der Waals surface area contributed by atoms with Gasteiger partial charge in [0.05, 0.1) is 5.69 Å². The van der Waals surface area contributed by atoms with Gasteiger partial charge in [-0.15, -0.1) is 0 Å². The van der Waals surface area contributed by atoms with Gasteiger partial charge in [-0.1, -0.05) is 0 Å². The van der Waals surface area contributed by atoms with Crippen molar-refractivity contribution in [1.29, 1.82) is 0 Å². The molecule has 2 rings (SSSR count). The second-order valence-corrected chi connectivity index (χ2v) is 4.09. The summed E-state index contributed by atoms with van der Waals surface area (Å²) in [6.45, 7) is 5.21. The molecule has 4 nitrogen and oxygen atoms in total. The topological polar surface area (TPSA) is 55.9 Å². The maximum atomic E-state index is 5.84. The first-order valence-electron chi connectivity index (χ1n) is 5.26. The highest BCUT2D eigenvalue weighted by Gasteiger charge is 2.14. The third-order valence-corrected chi connectivity index (χ3v) is 2.82. The molecule has 2 heterocycles. The summed E-state index contributed by atoms with van der Waals surface area (Å²) in [4.78, 5) is 0. The molecule has 3 N–H and O–H groups in total. The Labute approximate surface area is 84.5 Å². The van der Waals surface area contributed by atoms with E-state index in [4.69, 9.17) is 5.73 Å². The van der Waals surface area contributed by atoms with Crippen LogP contribution in [-0.4, -0.2) is 22.9 Å². The van der Waals surface area contributed by atoms with Crippen LogP contribution in [0.1, 0.15) is 18.5 Å². The zero-order valence-corrected chi connectivity index (χ0v) is 8.66. The Kier molecular flexibility index (Phi) is 2.72. The van der Waals surface area contributed by atoms with Crippen molar-refractivity contribution in [1.82, 2.24) is 15.1 Å². The molecule has 0 atom stereocenters. The summed E-state index contributed by atoms with van der Waals surface area (Å²) in [5.74, 6) is 1.53. The molecule has 14 heavy (non-hydrogen) atoms. The van der Waals surface area contributed by atoms with Crippen molar-refractivity contribution < 1.29 is 0 Å². The monoisotopic (exact) mass is 194 g/mol.